The Bertz CT molecular complexity index is 256. The summed E-state index contributed by atoms with van der Waals surface area (Å²) in [4.78, 5) is 0. The van der Waals surface area contributed by atoms with E-state index in [0.29, 0.717) is 0 Å². The summed E-state index contributed by atoms with van der Waals surface area (Å²) in [5, 5.41) is 0. The van der Waals surface area contributed by atoms with Crippen molar-refractivity contribution in [3.8, 4) is 0 Å². The van der Waals surface area contributed by atoms with Gasteiger partial charge in [0.05, 0.1) is 0 Å². The van der Waals surface area contributed by atoms with Crippen molar-refractivity contribution in [1.29, 1.82) is 0 Å². The van der Waals surface area contributed by atoms with Gasteiger partial charge in [0.1, 0.15) is 0 Å². The molecule has 0 aliphatic rings. The fraction of sp³-hybridized carbons (Fsp3) is 0.222. The summed E-state index contributed by atoms with van der Waals surface area (Å²) in [6, 6.07) is 6.33. The van der Waals surface area contributed by atoms with Crippen molar-refractivity contribution in [3.05, 3.63) is 37.7 Å². The molecule has 1 radical (unpaired) electrons. The molecule has 0 fully saturated rings. The maximum absolute atomic E-state index is 3.45. The van der Waals surface area contributed by atoms with Crippen LogP contribution in [0.4, 0.5) is 0 Å². The molecule has 0 amide bonds. The van der Waals surface area contributed by atoms with Gasteiger partial charge in [-0.2, -0.15) is 0 Å². The van der Waals surface area contributed by atoms with Gasteiger partial charge in [-0.25, -0.2) is 0 Å². The van der Waals surface area contributed by atoms with E-state index in [0.717, 1.165) is 4.47 Å². The molecule has 0 aliphatic carbocycles. The highest BCUT2D eigenvalue weighted by Crippen LogP contribution is 2.24. The fourth-order valence-electron chi connectivity index (χ4n) is 0.881. The summed E-state index contributed by atoms with van der Waals surface area (Å²) < 4.78 is 2.46. The lowest BCUT2D eigenvalue weighted by molar-refractivity contribution is 1.13. The van der Waals surface area contributed by atoms with Crippen molar-refractivity contribution in [2.45, 2.75) is 13.8 Å². The third-order valence-electron chi connectivity index (χ3n) is 1.47. The number of benzene rings is 1. The van der Waals surface area contributed by atoms with Crippen molar-refractivity contribution in [2.24, 2.45) is 0 Å². The maximum atomic E-state index is 3.45. The maximum Gasteiger partial charge on any atom is 0.0178 e. The summed E-state index contributed by atoms with van der Waals surface area (Å²) in [5.41, 5.74) is 1.33. The summed E-state index contributed by atoms with van der Waals surface area (Å²) >= 11 is 5.80. The minimum atomic E-state index is 1.15. The van der Waals surface area contributed by atoms with Gasteiger partial charge in [-0.15, -0.1) is 0 Å². The minimum absolute atomic E-state index is 1.15. The Morgan fingerprint density at radius 1 is 1.36 bits per heavy atom. The predicted molar refractivity (Wildman–Crippen MR) is 60.6 cm³/mol. The normalized spacial score (nSPS) is 10.6. The van der Waals surface area contributed by atoms with E-state index in [2.05, 4.69) is 70.6 Å². The molecule has 0 aromatic heterocycles. The molecule has 0 spiro atoms. The van der Waals surface area contributed by atoms with Crippen molar-refractivity contribution >= 4 is 38.5 Å². The smallest absolute Gasteiger partial charge is 0.0178 e. The molecule has 0 unspecified atom stereocenters. The predicted octanol–water partition coefficient (Wildman–Crippen LogP) is 4.02. The monoisotopic (exact) mass is 323 g/mol. The van der Waals surface area contributed by atoms with Crippen LogP contribution in [0, 0.1) is 9.49 Å². The van der Waals surface area contributed by atoms with Crippen LogP contribution < -0.4 is 0 Å². The van der Waals surface area contributed by atoms with Gasteiger partial charge in [0.15, 0.2) is 0 Å². The second-order valence-corrected chi connectivity index (χ2v) is 4.70. The van der Waals surface area contributed by atoms with Gasteiger partial charge in [0.2, 0.25) is 0 Å². The summed E-state index contributed by atoms with van der Waals surface area (Å²) in [5.74, 6) is 1.36. The number of hydrogen-bond donors (Lipinski definition) is 0. The molecule has 0 N–H and O–H groups in total. The molecule has 0 bridgehead atoms. The van der Waals surface area contributed by atoms with E-state index < -0.39 is 0 Å². The van der Waals surface area contributed by atoms with Gasteiger partial charge in [0, 0.05) is 8.04 Å². The summed E-state index contributed by atoms with van der Waals surface area (Å²) in [6.45, 7) is 4.26. The molecule has 0 saturated carbocycles. The quantitative estimate of drug-likeness (QED) is 0.685. The Kier molecular flexibility index (Phi) is 3.37. The van der Waals surface area contributed by atoms with Gasteiger partial charge >= 0.3 is 0 Å². The molecule has 0 aliphatic heterocycles. The Hall–Kier alpha value is 0.430. The van der Waals surface area contributed by atoms with Gasteiger partial charge in [-0.1, -0.05) is 29.8 Å². The Balaban J connectivity index is 3.13. The first-order valence-corrected chi connectivity index (χ1v) is 5.24. The third-order valence-corrected chi connectivity index (χ3v) is 2.90. The molecule has 0 saturated heterocycles. The zero-order valence-corrected chi connectivity index (χ0v) is 10.2. The molecule has 0 heterocycles. The molecule has 1 aromatic carbocycles. The standard InChI is InChI=1S/C9H9BrI/c1-6(2)8-5-7(10)3-4-9(8)11/h3-5H,1-2H3. The first kappa shape index (κ1) is 9.52. The van der Waals surface area contributed by atoms with E-state index in [1.807, 2.05) is 0 Å². The van der Waals surface area contributed by atoms with E-state index in [1.54, 1.807) is 0 Å². The van der Waals surface area contributed by atoms with E-state index >= 15 is 0 Å². The minimum Gasteiger partial charge on any atom is -0.0549 e. The molecule has 0 atom stereocenters. The second-order valence-electron chi connectivity index (χ2n) is 2.62. The Morgan fingerprint density at radius 2 is 2.00 bits per heavy atom. The van der Waals surface area contributed by atoms with Crippen LogP contribution in [-0.2, 0) is 0 Å². The van der Waals surface area contributed by atoms with Crippen molar-refractivity contribution in [1.82, 2.24) is 0 Å². The van der Waals surface area contributed by atoms with Crippen molar-refractivity contribution in [2.75, 3.05) is 0 Å². The molecular formula is C9H9BrI. The van der Waals surface area contributed by atoms with E-state index in [-0.39, 0.29) is 0 Å². The van der Waals surface area contributed by atoms with E-state index in [9.17, 15) is 0 Å². The largest absolute Gasteiger partial charge is 0.0549 e. The van der Waals surface area contributed by atoms with Crippen LogP contribution in [0.2, 0.25) is 0 Å². The van der Waals surface area contributed by atoms with Crippen molar-refractivity contribution < 1.29 is 0 Å². The van der Waals surface area contributed by atoms with E-state index in [4.69, 9.17) is 0 Å². The third kappa shape index (κ3) is 2.44. The van der Waals surface area contributed by atoms with Crippen LogP contribution in [0.25, 0.3) is 0 Å². The zero-order valence-electron chi connectivity index (χ0n) is 6.49. The second kappa shape index (κ2) is 3.90. The summed E-state index contributed by atoms with van der Waals surface area (Å²) in [6.07, 6.45) is 0. The molecule has 59 valence electrons. The molecule has 0 nitrogen and oxygen atoms in total. The average Bonchev–Trinajstić information content (AvgIpc) is 1.94. The van der Waals surface area contributed by atoms with Gasteiger partial charge < -0.3 is 0 Å². The lowest BCUT2D eigenvalue weighted by Gasteiger charge is -2.07. The first-order valence-electron chi connectivity index (χ1n) is 3.37. The van der Waals surface area contributed by atoms with Crippen LogP contribution >= 0.6 is 38.5 Å². The van der Waals surface area contributed by atoms with Crippen LogP contribution in [0.3, 0.4) is 0 Å². The molecule has 1 aromatic rings. The van der Waals surface area contributed by atoms with Gasteiger partial charge in [0.25, 0.3) is 0 Å². The zero-order chi connectivity index (χ0) is 8.43. The highest BCUT2D eigenvalue weighted by molar-refractivity contribution is 14.1. The Labute approximate surface area is 89.7 Å². The number of rotatable bonds is 1. The SMILES string of the molecule is C[C](C)c1cc(Br)ccc1I. The van der Waals surface area contributed by atoms with Crippen LogP contribution in [0.15, 0.2) is 22.7 Å². The molecular weight excluding hydrogens is 315 g/mol. The van der Waals surface area contributed by atoms with Crippen LogP contribution in [0.1, 0.15) is 19.4 Å². The lowest BCUT2D eigenvalue weighted by Crippen LogP contribution is -1.91. The van der Waals surface area contributed by atoms with Crippen LogP contribution in [-0.4, -0.2) is 0 Å². The van der Waals surface area contributed by atoms with Gasteiger partial charge in [-0.05, 0) is 52.3 Å². The lowest BCUT2D eigenvalue weighted by atomic mass is 10.0. The average molecular weight is 324 g/mol. The van der Waals surface area contributed by atoms with E-state index in [1.165, 1.54) is 15.1 Å². The molecule has 2 heteroatoms. The number of halogens is 2. The molecule has 1 rings (SSSR count). The highest BCUT2D eigenvalue weighted by Gasteiger charge is 2.04. The van der Waals surface area contributed by atoms with Crippen LogP contribution in [0.5, 0.6) is 0 Å². The number of hydrogen-bond acceptors (Lipinski definition) is 0. The fourth-order valence-corrected chi connectivity index (χ4v) is 2.12. The first-order chi connectivity index (χ1) is 5.11. The topological polar surface area (TPSA) is 0 Å². The van der Waals surface area contributed by atoms with Crippen molar-refractivity contribution in [3.63, 3.8) is 0 Å². The summed E-state index contributed by atoms with van der Waals surface area (Å²) in [7, 11) is 0. The van der Waals surface area contributed by atoms with Gasteiger partial charge in [-0.3, -0.25) is 0 Å². The molecule has 11 heavy (non-hydrogen) atoms. The highest BCUT2D eigenvalue weighted by atomic mass is 127. The Morgan fingerprint density at radius 3 is 2.45 bits per heavy atom.